The Bertz CT molecular complexity index is 682. The molecular weight excluding hydrogens is 304 g/mol. The average molecular weight is 326 g/mol. The fourth-order valence-corrected chi connectivity index (χ4v) is 2.20. The summed E-state index contributed by atoms with van der Waals surface area (Å²) in [5, 5.41) is 5.48. The van der Waals surface area contributed by atoms with E-state index in [9.17, 15) is 9.59 Å². The van der Waals surface area contributed by atoms with Gasteiger partial charge in [0.2, 0.25) is 11.8 Å². The van der Waals surface area contributed by atoms with Gasteiger partial charge in [-0.3, -0.25) is 9.59 Å². The first-order valence-corrected chi connectivity index (χ1v) is 7.86. The SMILES string of the molecule is CC(=O)NC(C(=O)Nc1ccc(Oc2ccccc2)cc1)C(C)C. The maximum absolute atomic E-state index is 12.3. The molecule has 0 aromatic heterocycles. The molecule has 2 aromatic rings. The lowest BCUT2D eigenvalue weighted by Gasteiger charge is -2.21. The van der Waals surface area contributed by atoms with Crippen LogP contribution in [0.5, 0.6) is 11.5 Å². The molecule has 2 aromatic carbocycles. The van der Waals surface area contributed by atoms with E-state index < -0.39 is 6.04 Å². The molecule has 0 spiro atoms. The Labute approximate surface area is 142 Å². The summed E-state index contributed by atoms with van der Waals surface area (Å²) in [6.07, 6.45) is 0. The number of hydrogen-bond donors (Lipinski definition) is 2. The number of para-hydroxylation sites is 1. The predicted molar refractivity (Wildman–Crippen MR) is 94.0 cm³/mol. The molecule has 0 fully saturated rings. The molecule has 0 saturated carbocycles. The molecule has 2 amide bonds. The van der Waals surface area contributed by atoms with E-state index in [1.165, 1.54) is 6.92 Å². The zero-order valence-corrected chi connectivity index (χ0v) is 14.1. The quantitative estimate of drug-likeness (QED) is 0.852. The molecule has 0 aliphatic rings. The Hall–Kier alpha value is -2.82. The predicted octanol–water partition coefficient (Wildman–Crippen LogP) is 3.58. The zero-order valence-electron chi connectivity index (χ0n) is 14.1. The van der Waals surface area contributed by atoms with Gasteiger partial charge in [-0.05, 0) is 42.3 Å². The van der Waals surface area contributed by atoms with Crippen LogP contribution in [0, 0.1) is 5.92 Å². The van der Waals surface area contributed by atoms with E-state index in [2.05, 4.69) is 10.6 Å². The molecule has 0 aliphatic carbocycles. The fourth-order valence-electron chi connectivity index (χ4n) is 2.20. The second-order valence-corrected chi connectivity index (χ2v) is 5.85. The number of amides is 2. The average Bonchev–Trinajstić information content (AvgIpc) is 2.55. The maximum atomic E-state index is 12.3. The lowest BCUT2D eigenvalue weighted by atomic mass is 10.0. The van der Waals surface area contributed by atoms with Crippen LogP contribution in [0.25, 0.3) is 0 Å². The molecule has 1 atom stereocenters. The van der Waals surface area contributed by atoms with Gasteiger partial charge >= 0.3 is 0 Å². The molecule has 24 heavy (non-hydrogen) atoms. The molecule has 0 saturated heterocycles. The van der Waals surface area contributed by atoms with Gasteiger partial charge in [-0.1, -0.05) is 32.0 Å². The monoisotopic (exact) mass is 326 g/mol. The molecule has 2 rings (SSSR count). The molecular formula is C19H22N2O3. The van der Waals surface area contributed by atoms with Crippen LogP contribution in [0.15, 0.2) is 54.6 Å². The highest BCUT2D eigenvalue weighted by molar-refractivity contribution is 5.97. The third kappa shape index (κ3) is 5.12. The van der Waals surface area contributed by atoms with Gasteiger partial charge in [-0.2, -0.15) is 0 Å². The van der Waals surface area contributed by atoms with Gasteiger partial charge in [-0.25, -0.2) is 0 Å². The van der Waals surface area contributed by atoms with E-state index in [1.807, 2.05) is 44.2 Å². The number of anilines is 1. The number of carbonyl (C=O) groups is 2. The van der Waals surface area contributed by atoms with Gasteiger partial charge in [-0.15, -0.1) is 0 Å². The first-order chi connectivity index (χ1) is 11.5. The van der Waals surface area contributed by atoms with Crippen molar-refractivity contribution in [1.29, 1.82) is 0 Å². The van der Waals surface area contributed by atoms with Crippen LogP contribution in [0.4, 0.5) is 5.69 Å². The molecule has 0 aliphatic heterocycles. The van der Waals surface area contributed by atoms with Crippen LogP contribution >= 0.6 is 0 Å². The summed E-state index contributed by atoms with van der Waals surface area (Å²) in [4.78, 5) is 23.5. The van der Waals surface area contributed by atoms with E-state index in [4.69, 9.17) is 4.74 Å². The molecule has 2 N–H and O–H groups in total. The van der Waals surface area contributed by atoms with Gasteiger partial charge in [0.05, 0.1) is 0 Å². The minimum absolute atomic E-state index is 0.00501. The molecule has 0 radical (unpaired) electrons. The Kier molecular flexibility index (Phi) is 5.95. The Morgan fingerprint density at radius 1 is 0.917 bits per heavy atom. The summed E-state index contributed by atoms with van der Waals surface area (Å²) in [7, 11) is 0. The zero-order chi connectivity index (χ0) is 17.5. The highest BCUT2D eigenvalue weighted by Gasteiger charge is 2.22. The van der Waals surface area contributed by atoms with Gasteiger partial charge < -0.3 is 15.4 Å². The summed E-state index contributed by atoms with van der Waals surface area (Å²) in [6.45, 7) is 5.17. The largest absolute Gasteiger partial charge is 0.457 e. The topological polar surface area (TPSA) is 67.4 Å². The van der Waals surface area contributed by atoms with Crippen molar-refractivity contribution in [3.8, 4) is 11.5 Å². The molecule has 5 nitrogen and oxygen atoms in total. The van der Waals surface area contributed by atoms with E-state index in [1.54, 1.807) is 24.3 Å². The first kappa shape index (κ1) is 17.5. The van der Waals surface area contributed by atoms with Crippen molar-refractivity contribution >= 4 is 17.5 Å². The van der Waals surface area contributed by atoms with Gasteiger partial charge in [0, 0.05) is 12.6 Å². The summed E-state index contributed by atoms with van der Waals surface area (Å²) in [5.74, 6) is 0.961. The molecule has 1 unspecified atom stereocenters. The molecule has 126 valence electrons. The second-order valence-electron chi connectivity index (χ2n) is 5.85. The third-order valence-corrected chi connectivity index (χ3v) is 3.41. The Morgan fingerprint density at radius 2 is 1.50 bits per heavy atom. The number of rotatable bonds is 6. The van der Waals surface area contributed by atoms with E-state index >= 15 is 0 Å². The van der Waals surface area contributed by atoms with Crippen molar-refractivity contribution in [1.82, 2.24) is 5.32 Å². The van der Waals surface area contributed by atoms with Crippen molar-refractivity contribution in [2.24, 2.45) is 5.92 Å². The van der Waals surface area contributed by atoms with Gasteiger partial charge in [0.15, 0.2) is 0 Å². The van der Waals surface area contributed by atoms with E-state index in [0.717, 1.165) is 5.75 Å². The van der Waals surface area contributed by atoms with Crippen molar-refractivity contribution in [2.75, 3.05) is 5.32 Å². The Balaban J connectivity index is 2.00. The minimum Gasteiger partial charge on any atom is -0.457 e. The lowest BCUT2D eigenvalue weighted by Crippen LogP contribution is -2.46. The van der Waals surface area contributed by atoms with Crippen LogP contribution in [0.3, 0.4) is 0 Å². The fraction of sp³-hybridized carbons (Fsp3) is 0.263. The number of benzene rings is 2. The van der Waals surface area contributed by atoms with Crippen molar-refractivity contribution < 1.29 is 14.3 Å². The molecule has 0 heterocycles. The van der Waals surface area contributed by atoms with Gasteiger partial charge in [0.25, 0.3) is 0 Å². The van der Waals surface area contributed by atoms with Gasteiger partial charge in [0.1, 0.15) is 17.5 Å². The standard InChI is InChI=1S/C19H22N2O3/c1-13(2)18(20-14(3)22)19(23)21-15-9-11-17(12-10-15)24-16-7-5-4-6-8-16/h4-13,18H,1-3H3,(H,20,22)(H,21,23). The number of carbonyl (C=O) groups excluding carboxylic acids is 2. The van der Waals surface area contributed by atoms with Crippen molar-refractivity contribution in [3.05, 3.63) is 54.6 Å². The summed E-state index contributed by atoms with van der Waals surface area (Å²) >= 11 is 0. The Morgan fingerprint density at radius 3 is 2.04 bits per heavy atom. The lowest BCUT2D eigenvalue weighted by molar-refractivity contribution is -0.126. The maximum Gasteiger partial charge on any atom is 0.247 e. The molecule has 5 heteroatoms. The number of ether oxygens (including phenoxy) is 1. The number of hydrogen-bond acceptors (Lipinski definition) is 3. The minimum atomic E-state index is -0.567. The molecule has 0 bridgehead atoms. The van der Waals surface area contributed by atoms with Crippen molar-refractivity contribution in [2.45, 2.75) is 26.8 Å². The highest BCUT2D eigenvalue weighted by atomic mass is 16.5. The van der Waals surface area contributed by atoms with Crippen LogP contribution in [-0.4, -0.2) is 17.9 Å². The highest BCUT2D eigenvalue weighted by Crippen LogP contribution is 2.22. The first-order valence-electron chi connectivity index (χ1n) is 7.86. The van der Waals surface area contributed by atoms with Crippen molar-refractivity contribution in [3.63, 3.8) is 0 Å². The van der Waals surface area contributed by atoms with Crippen LogP contribution in [0.2, 0.25) is 0 Å². The third-order valence-electron chi connectivity index (χ3n) is 3.41. The van der Waals surface area contributed by atoms with E-state index in [-0.39, 0.29) is 17.7 Å². The van der Waals surface area contributed by atoms with Crippen LogP contribution in [0.1, 0.15) is 20.8 Å². The number of nitrogens with one attached hydrogen (secondary N) is 2. The van der Waals surface area contributed by atoms with Crippen LogP contribution < -0.4 is 15.4 Å². The summed E-state index contributed by atoms with van der Waals surface area (Å²) in [6, 6.07) is 16.0. The smallest absolute Gasteiger partial charge is 0.247 e. The summed E-state index contributed by atoms with van der Waals surface area (Å²) < 4.78 is 5.71. The van der Waals surface area contributed by atoms with Crippen LogP contribution in [-0.2, 0) is 9.59 Å². The normalized spacial score (nSPS) is 11.7. The summed E-state index contributed by atoms with van der Waals surface area (Å²) in [5.41, 5.74) is 0.649. The second kappa shape index (κ2) is 8.15. The van der Waals surface area contributed by atoms with E-state index in [0.29, 0.717) is 11.4 Å².